The van der Waals surface area contributed by atoms with Crippen LogP contribution in [0.1, 0.15) is 9.80 Å². The van der Waals surface area contributed by atoms with Crippen molar-refractivity contribution in [3.63, 3.8) is 0 Å². The summed E-state index contributed by atoms with van der Waals surface area (Å²) < 4.78 is 30.2. The molecule has 1 aromatic heterocycles. The molecule has 3 nitrogen and oxygen atoms in total. The Morgan fingerprint density at radius 3 is 2.76 bits per heavy atom. The quantitative estimate of drug-likeness (QED) is 0.774. The van der Waals surface area contributed by atoms with Gasteiger partial charge < -0.3 is 4.74 Å². The van der Waals surface area contributed by atoms with Gasteiger partial charge in [-0.2, -0.15) is 0 Å². The first-order valence-corrected chi connectivity index (χ1v) is 5.49. The van der Waals surface area contributed by atoms with Gasteiger partial charge >= 0.3 is 5.97 Å². The van der Waals surface area contributed by atoms with Crippen molar-refractivity contribution in [1.82, 2.24) is 4.98 Å². The minimum Gasteiger partial charge on any atom is -0.464 e. The standard InChI is InChI=1S/C11H7F2NO2S/c1-16-11(15)10-14-9(5-17-10)6-2-3-7(12)8(13)4-6/h2-5H,1H3. The predicted molar refractivity (Wildman–Crippen MR) is 58.8 cm³/mol. The van der Waals surface area contributed by atoms with Crippen LogP contribution in [0.25, 0.3) is 11.3 Å². The van der Waals surface area contributed by atoms with Crippen LogP contribution in [0.2, 0.25) is 0 Å². The lowest BCUT2D eigenvalue weighted by Gasteiger charge is -1.97. The van der Waals surface area contributed by atoms with E-state index in [0.717, 1.165) is 23.5 Å². The first-order chi connectivity index (χ1) is 8.11. The maximum absolute atomic E-state index is 13.0. The normalized spacial score (nSPS) is 10.3. The number of halogens is 2. The van der Waals surface area contributed by atoms with E-state index >= 15 is 0 Å². The maximum atomic E-state index is 13.0. The second-order valence-electron chi connectivity index (χ2n) is 3.16. The molecule has 0 radical (unpaired) electrons. The van der Waals surface area contributed by atoms with Gasteiger partial charge in [-0.25, -0.2) is 18.6 Å². The first kappa shape index (κ1) is 11.7. The average molecular weight is 255 g/mol. The van der Waals surface area contributed by atoms with E-state index < -0.39 is 17.6 Å². The van der Waals surface area contributed by atoms with Gasteiger partial charge in [0.1, 0.15) is 0 Å². The zero-order valence-corrected chi connectivity index (χ0v) is 9.55. The molecule has 88 valence electrons. The fraction of sp³-hybridized carbons (Fsp3) is 0.0909. The molecule has 0 spiro atoms. The number of methoxy groups -OCH3 is 1. The topological polar surface area (TPSA) is 39.2 Å². The van der Waals surface area contributed by atoms with E-state index in [1.807, 2.05) is 0 Å². The van der Waals surface area contributed by atoms with Gasteiger partial charge in [0.05, 0.1) is 12.8 Å². The number of benzene rings is 1. The van der Waals surface area contributed by atoms with Gasteiger partial charge in [-0.15, -0.1) is 11.3 Å². The summed E-state index contributed by atoms with van der Waals surface area (Å²) in [5, 5.41) is 1.76. The number of rotatable bonds is 2. The highest BCUT2D eigenvalue weighted by molar-refractivity contribution is 7.11. The summed E-state index contributed by atoms with van der Waals surface area (Å²) in [6, 6.07) is 3.45. The Bertz CT molecular complexity index is 568. The van der Waals surface area contributed by atoms with E-state index in [1.165, 1.54) is 13.2 Å². The Balaban J connectivity index is 2.37. The molecule has 0 aliphatic heterocycles. The molecule has 6 heteroatoms. The molecule has 2 rings (SSSR count). The van der Waals surface area contributed by atoms with E-state index in [-0.39, 0.29) is 5.01 Å². The fourth-order valence-corrected chi connectivity index (χ4v) is 1.99. The van der Waals surface area contributed by atoms with Crippen molar-refractivity contribution in [1.29, 1.82) is 0 Å². The van der Waals surface area contributed by atoms with Gasteiger partial charge in [0.2, 0.25) is 5.01 Å². The van der Waals surface area contributed by atoms with Crippen LogP contribution in [0.15, 0.2) is 23.6 Å². The summed E-state index contributed by atoms with van der Waals surface area (Å²) in [5.41, 5.74) is 0.824. The highest BCUT2D eigenvalue weighted by Crippen LogP contribution is 2.23. The molecule has 2 aromatic rings. The molecule has 1 heterocycles. The number of carbonyl (C=O) groups is 1. The largest absolute Gasteiger partial charge is 0.464 e. The fourth-order valence-electron chi connectivity index (χ4n) is 1.24. The number of esters is 1. The van der Waals surface area contributed by atoms with Crippen molar-refractivity contribution in [3.05, 3.63) is 40.2 Å². The second kappa shape index (κ2) is 4.58. The Morgan fingerprint density at radius 1 is 1.35 bits per heavy atom. The Morgan fingerprint density at radius 2 is 2.12 bits per heavy atom. The lowest BCUT2D eigenvalue weighted by Crippen LogP contribution is -1.99. The first-order valence-electron chi connectivity index (χ1n) is 4.61. The molecule has 0 amide bonds. The zero-order chi connectivity index (χ0) is 12.4. The van der Waals surface area contributed by atoms with Crippen LogP contribution in [0.4, 0.5) is 8.78 Å². The van der Waals surface area contributed by atoms with Crippen molar-refractivity contribution in [2.24, 2.45) is 0 Å². The maximum Gasteiger partial charge on any atom is 0.367 e. The number of hydrogen-bond donors (Lipinski definition) is 0. The smallest absolute Gasteiger partial charge is 0.367 e. The number of hydrogen-bond acceptors (Lipinski definition) is 4. The van der Waals surface area contributed by atoms with E-state index in [0.29, 0.717) is 11.3 Å². The van der Waals surface area contributed by atoms with Crippen LogP contribution in [0.5, 0.6) is 0 Å². The lowest BCUT2D eigenvalue weighted by atomic mass is 10.2. The van der Waals surface area contributed by atoms with Gasteiger partial charge in [-0.05, 0) is 18.2 Å². The van der Waals surface area contributed by atoms with Gasteiger partial charge in [-0.1, -0.05) is 0 Å². The number of aromatic nitrogens is 1. The van der Waals surface area contributed by atoms with Crippen LogP contribution < -0.4 is 0 Å². The third-order valence-electron chi connectivity index (χ3n) is 2.08. The summed E-state index contributed by atoms with van der Waals surface area (Å²) >= 11 is 1.09. The highest BCUT2D eigenvalue weighted by atomic mass is 32.1. The van der Waals surface area contributed by atoms with Crippen LogP contribution in [0.3, 0.4) is 0 Å². The van der Waals surface area contributed by atoms with Gasteiger partial charge in [0, 0.05) is 10.9 Å². The van der Waals surface area contributed by atoms with Crippen molar-refractivity contribution < 1.29 is 18.3 Å². The number of thiazole rings is 1. The van der Waals surface area contributed by atoms with E-state index in [1.54, 1.807) is 5.38 Å². The Labute approximate surface area is 99.7 Å². The van der Waals surface area contributed by atoms with Gasteiger partial charge in [0.15, 0.2) is 11.6 Å². The lowest BCUT2D eigenvalue weighted by molar-refractivity contribution is 0.0600. The molecule has 0 aliphatic carbocycles. The summed E-state index contributed by atoms with van der Waals surface area (Å²) in [4.78, 5) is 15.1. The van der Waals surface area contributed by atoms with Crippen molar-refractivity contribution in [2.75, 3.05) is 7.11 Å². The third-order valence-corrected chi connectivity index (χ3v) is 2.90. The number of ether oxygens (including phenoxy) is 1. The number of nitrogens with zero attached hydrogens (tertiary/aromatic N) is 1. The molecule has 0 N–H and O–H groups in total. The molecule has 0 bridgehead atoms. The molecule has 0 fully saturated rings. The van der Waals surface area contributed by atoms with Gasteiger partial charge in [0.25, 0.3) is 0 Å². The van der Waals surface area contributed by atoms with Crippen LogP contribution in [0, 0.1) is 11.6 Å². The summed E-state index contributed by atoms with van der Waals surface area (Å²) in [5.74, 6) is -2.42. The molecule has 1 aromatic carbocycles. The molecule has 0 aliphatic rings. The van der Waals surface area contributed by atoms with Crippen molar-refractivity contribution >= 4 is 17.3 Å². The molecular weight excluding hydrogens is 248 g/mol. The second-order valence-corrected chi connectivity index (χ2v) is 4.02. The van der Waals surface area contributed by atoms with Crippen LogP contribution >= 0.6 is 11.3 Å². The average Bonchev–Trinajstić information content (AvgIpc) is 2.81. The van der Waals surface area contributed by atoms with Gasteiger partial charge in [-0.3, -0.25) is 0 Å². The Hall–Kier alpha value is -1.82. The monoisotopic (exact) mass is 255 g/mol. The third kappa shape index (κ3) is 2.31. The van der Waals surface area contributed by atoms with E-state index in [2.05, 4.69) is 9.72 Å². The minimum absolute atomic E-state index is 0.173. The molecule has 0 saturated heterocycles. The predicted octanol–water partition coefficient (Wildman–Crippen LogP) is 2.87. The van der Waals surface area contributed by atoms with Crippen molar-refractivity contribution in [3.8, 4) is 11.3 Å². The van der Waals surface area contributed by atoms with E-state index in [9.17, 15) is 13.6 Å². The molecular formula is C11H7F2NO2S. The molecule has 0 saturated carbocycles. The molecule has 17 heavy (non-hydrogen) atoms. The summed E-state index contributed by atoms with van der Waals surface area (Å²) in [7, 11) is 1.25. The van der Waals surface area contributed by atoms with Crippen LogP contribution in [-0.4, -0.2) is 18.1 Å². The van der Waals surface area contributed by atoms with E-state index in [4.69, 9.17) is 0 Å². The van der Waals surface area contributed by atoms with Crippen molar-refractivity contribution in [2.45, 2.75) is 0 Å². The van der Waals surface area contributed by atoms with Crippen LogP contribution in [-0.2, 0) is 4.74 Å². The summed E-state index contributed by atoms with van der Waals surface area (Å²) in [6.45, 7) is 0. The Kier molecular flexibility index (Phi) is 3.14. The highest BCUT2D eigenvalue weighted by Gasteiger charge is 2.13. The minimum atomic E-state index is -0.949. The summed E-state index contributed by atoms with van der Waals surface area (Å²) in [6.07, 6.45) is 0. The zero-order valence-electron chi connectivity index (χ0n) is 8.74. The number of carbonyl (C=O) groups excluding carboxylic acids is 1. The molecule has 0 atom stereocenters. The molecule has 0 unspecified atom stereocenters. The SMILES string of the molecule is COC(=O)c1nc(-c2ccc(F)c(F)c2)cs1.